The minimum Gasteiger partial charge on any atom is -0.468 e. The third kappa shape index (κ3) is 2.94. The summed E-state index contributed by atoms with van der Waals surface area (Å²) < 4.78 is 4.67. The Labute approximate surface area is 139 Å². The van der Waals surface area contributed by atoms with Crippen molar-refractivity contribution in [2.24, 2.45) is 0 Å². The fourth-order valence-electron chi connectivity index (χ4n) is 2.61. The maximum atomic E-state index is 12.5. The van der Waals surface area contributed by atoms with Crippen LogP contribution in [0.3, 0.4) is 0 Å². The van der Waals surface area contributed by atoms with Gasteiger partial charge in [0.05, 0.1) is 18.4 Å². The van der Waals surface area contributed by atoms with E-state index in [1.807, 2.05) is 30.3 Å². The van der Waals surface area contributed by atoms with E-state index in [4.69, 9.17) is 5.73 Å². The van der Waals surface area contributed by atoms with E-state index < -0.39 is 5.97 Å². The van der Waals surface area contributed by atoms with Gasteiger partial charge < -0.3 is 21.1 Å². The summed E-state index contributed by atoms with van der Waals surface area (Å²) in [5.41, 5.74) is 9.62. The molecule has 2 aromatic carbocycles. The maximum Gasteiger partial charge on any atom is 0.325 e. The van der Waals surface area contributed by atoms with Crippen molar-refractivity contribution in [1.29, 1.82) is 0 Å². The monoisotopic (exact) mass is 323 g/mol. The first-order valence-corrected chi connectivity index (χ1v) is 7.42. The fourth-order valence-corrected chi connectivity index (χ4v) is 2.61. The van der Waals surface area contributed by atoms with Crippen LogP contribution in [0.2, 0.25) is 0 Å². The van der Waals surface area contributed by atoms with Gasteiger partial charge >= 0.3 is 5.97 Å². The van der Waals surface area contributed by atoms with Gasteiger partial charge in [-0.15, -0.1) is 0 Å². The number of amides is 1. The van der Waals surface area contributed by atoms with Gasteiger partial charge in [0, 0.05) is 16.9 Å². The first-order valence-electron chi connectivity index (χ1n) is 7.42. The van der Waals surface area contributed by atoms with Crippen LogP contribution in [0.4, 0.5) is 11.4 Å². The molecule has 1 aliphatic heterocycles. The van der Waals surface area contributed by atoms with Crippen LogP contribution in [-0.4, -0.2) is 25.5 Å². The molecule has 0 saturated heterocycles. The van der Waals surface area contributed by atoms with Crippen LogP contribution in [0.25, 0.3) is 11.3 Å². The van der Waals surface area contributed by atoms with Crippen LogP contribution in [0, 0.1) is 0 Å². The van der Waals surface area contributed by atoms with Crippen LogP contribution in [-0.2, 0) is 14.3 Å². The molecule has 0 saturated carbocycles. The molecule has 0 bridgehead atoms. The number of carbonyl (C=O) groups is 2. The summed E-state index contributed by atoms with van der Waals surface area (Å²) in [6.45, 7) is -0.0465. The van der Waals surface area contributed by atoms with Crippen LogP contribution in [0.1, 0.15) is 11.1 Å². The molecule has 1 amide bonds. The molecule has 0 unspecified atom stereocenters. The van der Waals surface area contributed by atoms with E-state index in [0.29, 0.717) is 28.2 Å². The number of fused-ring (bicyclic) bond motifs is 1. The quantitative estimate of drug-likeness (QED) is 0.453. The zero-order valence-corrected chi connectivity index (χ0v) is 13.1. The van der Waals surface area contributed by atoms with Crippen LogP contribution in [0.15, 0.2) is 48.5 Å². The molecular weight excluding hydrogens is 306 g/mol. The van der Waals surface area contributed by atoms with Crippen molar-refractivity contribution in [2.75, 3.05) is 24.7 Å². The summed E-state index contributed by atoms with van der Waals surface area (Å²) >= 11 is 0. The molecule has 0 atom stereocenters. The molecule has 0 fully saturated rings. The van der Waals surface area contributed by atoms with Crippen molar-refractivity contribution in [1.82, 2.24) is 5.32 Å². The summed E-state index contributed by atoms with van der Waals surface area (Å²) in [4.78, 5) is 24.0. The van der Waals surface area contributed by atoms with Gasteiger partial charge in [-0.3, -0.25) is 9.59 Å². The van der Waals surface area contributed by atoms with E-state index in [1.165, 1.54) is 7.11 Å². The molecule has 122 valence electrons. The van der Waals surface area contributed by atoms with Crippen LogP contribution < -0.4 is 16.4 Å². The Morgan fingerprint density at radius 3 is 2.67 bits per heavy atom. The first-order chi connectivity index (χ1) is 11.6. The van der Waals surface area contributed by atoms with E-state index in [9.17, 15) is 9.59 Å². The smallest absolute Gasteiger partial charge is 0.325 e. The molecule has 0 spiro atoms. The zero-order chi connectivity index (χ0) is 17.1. The van der Waals surface area contributed by atoms with E-state index in [0.717, 1.165) is 5.56 Å². The number of methoxy groups -OCH3 is 1. The maximum absolute atomic E-state index is 12.5. The molecule has 6 nitrogen and oxygen atoms in total. The average Bonchev–Trinajstić information content (AvgIpc) is 2.91. The minimum absolute atomic E-state index is 0.0465. The normalized spacial score (nSPS) is 14.6. The molecule has 0 radical (unpaired) electrons. The SMILES string of the molecule is COC(=O)CNC(=C1C(=O)Nc2ccc(N)cc21)c1ccccc1. The van der Waals surface area contributed by atoms with Crippen molar-refractivity contribution in [2.45, 2.75) is 0 Å². The van der Waals surface area contributed by atoms with Crippen molar-refractivity contribution >= 4 is 34.5 Å². The lowest BCUT2D eigenvalue weighted by molar-refractivity contribution is -0.139. The van der Waals surface area contributed by atoms with Crippen molar-refractivity contribution in [3.05, 3.63) is 59.7 Å². The Kier molecular flexibility index (Phi) is 4.20. The highest BCUT2D eigenvalue weighted by atomic mass is 16.5. The molecule has 0 aliphatic carbocycles. The standard InChI is InChI=1S/C18H17N3O3/c1-24-15(22)10-20-17(11-5-3-2-4-6-11)16-13-9-12(19)7-8-14(13)21-18(16)23/h2-9,20H,10,19H2,1H3,(H,21,23). The Hall–Kier alpha value is -3.28. The summed E-state index contributed by atoms with van der Waals surface area (Å²) in [6.07, 6.45) is 0. The molecule has 1 heterocycles. The Morgan fingerprint density at radius 2 is 1.96 bits per heavy atom. The van der Waals surface area contributed by atoms with Gasteiger partial charge in [0.2, 0.25) is 0 Å². The highest BCUT2D eigenvalue weighted by Crippen LogP contribution is 2.37. The lowest BCUT2D eigenvalue weighted by Gasteiger charge is -2.13. The second kappa shape index (κ2) is 6.45. The fraction of sp³-hybridized carbons (Fsp3) is 0.111. The third-order valence-electron chi connectivity index (χ3n) is 3.74. The number of hydrogen-bond acceptors (Lipinski definition) is 5. The summed E-state index contributed by atoms with van der Waals surface area (Å²) in [7, 11) is 1.32. The average molecular weight is 323 g/mol. The predicted molar refractivity (Wildman–Crippen MR) is 92.8 cm³/mol. The second-order valence-corrected chi connectivity index (χ2v) is 5.30. The molecule has 24 heavy (non-hydrogen) atoms. The lowest BCUT2D eigenvalue weighted by atomic mass is 10.00. The van der Waals surface area contributed by atoms with E-state index in [2.05, 4.69) is 15.4 Å². The largest absolute Gasteiger partial charge is 0.468 e. The number of hydrogen-bond donors (Lipinski definition) is 3. The molecule has 1 aliphatic rings. The number of esters is 1. The van der Waals surface area contributed by atoms with Gasteiger partial charge in [-0.25, -0.2) is 0 Å². The van der Waals surface area contributed by atoms with Crippen molar-refractivity contribution in [3.63, 3.8) is 0 Å². The number of anilines is 2. The number of ether oxygens (including phenoxy) is 1. The van der Waals surface area contributed by atoms with Crippen molar-refractivity contribution in [3.8, 4) is 0 Å². The Balaban J connectivity index is 2.13. The summed E-state index contributed by atoms with van der Waals surface area (Å²) in [6, 6.07) is 14.6. The molecular formula is C18H17N3O3. The molecule has 3 rings (SSSR count). The van der Waals surface area contributed by atoms with Gasteiger partial charge in [-0.1, -0.05) is 30.3 Å². The van der Waals surface area contributed by atoms with Gasteiger partial charge in [-0.05, 0) is 23.8 Å². The highest BCUT2D eigenvalue weighted by molar-refractivity contribution is 6.36. The molecule has 4 N–H and O–H groups in total. The van der Waals surface area contributed by atoms with E-state index >= 15 is 0 Å². The Morgan fingerprint density at radius 1 is 1.21 bits per heavy atom. The second-order valence-electron chi connectivity index (χ2n) is 5.30. The third-order valence-corrected chi connectivity index (χ3v) is 3.74. The number of nitrogens with two attached hydrogens (primary N) is 1. The number of carbonyl (C=O) groups excluding carboxylic acids is 2. The minimum atomic E-state index is -0.421. The molecule has 6 heteroatoms. The van der Waals surface area contributed by atoms with Crippen molar-refractivity contribution < 1.29 is 14.3 Å². The zero-order valence-electron chi connectivity index (χ0n) is 13.1. The van der Waals surface area contributed by atoms with Crippen LogP contribution in [0.5, 0.6) is 0 Å². The lowest BCUT2D eigenvalue weighted by Crippen LogP contribution is -2.24. The molecule has 2 aromatic rings. The van der Waals surface area contributed by atoms with Gasteiger partial charge in [0.1, 0.15) is 6.54 Å². The summed E-state index contributed by atoms with van der Waals surface area (Å²) in [5.74, 6) is -0.665. The van der Waals surface area contributed by atoms with Gasteiger partial charge in [0.15, 0.2) is 0 Å². The number of rotatable bonds is 4. The number of nitrogens with one attached hydrogen (secondary N) is 2. The van der Waals surface area contributed by atoms with Gasteiger partial charge in [0.25, 0.3) is 5.91 Å². The number of nitrogen functional groups attached to an aromatic ring is 1. The topological polar surface area (TPSA) is 93.4 Å². The Bertz CT molecular complexity index is 829. The highest BCUT2D eigenvalue weighted by Gasteiger charge is 2.28. The first kappa shape index (κ1) is 15.6. The molecule has 0 aromatic heterocycles. The van der Waals surface area contributed by atoms with Gasteiger partial charge in [-0.2, -0.15) is 0 Å². The van der Waals surface area contributed by atoms with E-state index in [1.54, 1.807) is 18.2 Å². The predicted octanol–water partition coefficient (Wildman–Crippen LogP) is 1.85. The van der Waals surface area contributed by atoms with Crippen LogP contribution >= 0.6 is 0 Å². The summed E-state index contributed by atoms with van der Waals surface area (Å²) in [5, 5.41) is 5.84. The van der Waals surface area contributed by atoms with E-state index in [-0.39, 0.29) is 12.5 Å². The number of benzene rings is 2.